The maximum atomic E-state index is 14.4. The van der Waals surface area contributed by atoms with E-state index in [1.165, 1.54) is 5.56 Å². The minimum absolute atomic E-state index is 0.0561. The van der Waals surface area contributed by atoms with Crippen LogP contribution in [0.2, 0.25) is 0 Å². The van der Waals surface area contributed by atoms with E-state index in [1.807, 2.05) is 30.3 Å². The van der Waals surface area contributed by atoms with Crippen LogP contribution in [0.3, 0.4) is 0 Å². The van der Waals surface area contributed by atoms with Crippen LogP contribution in [0.25, 0.3) is 33.2 Å². The number of benzene rings is 4. The summed E-state index contributed by atoms with van der Waals surface area (Å²) >= 11 is 0. The van der Waals surface area contributed by atoms with Gasteiger partial charge in [0.05, 0.1) is 68.0 Å². The number of aryl methyl sites for hydroxylation is 1. The standard InChI is InChI=1S/C42H44N2O10/c1-43-12-11-23-35-29(43)14-22-16-33(32(48-4)19-25(22)36(35)40(52-8)41(53-9)37(23)50-6)54-38-26-17-28-24-18-31(47-3)30(46-2)15-21(24)10-13-44(28)42(45)27(26)20-34(49-5)39(38)51-7/h15-20,29H,10-14H2,1-9H3/t29-/m0/s1. The molecule has 0 unspecified atom stereocenters. The fourth-order valence-corrected chi connectivity index (χ4v) is 8.62. The van der Waals surface area contributed by atoms with Crippen molar-refractivity contribution in [2.24, 2.45) is 0 Å². The first-order valence-corrected chi connectivity index (χ1v) is 17.8. The van der Waals surface area contributed by atoms with Gasteiger partial charge in [0.2, 0.25) is 11.5 Å². The lowest BCUT2D eigenvalue weighted by Crippen LogP contribution is -2.36. The molecule has 0 bridgehead atoms. The first kappa shape index (κ1) is 35.3. The molecule has 1 atom stereocenters. The van der Waals surface area contributed by atoms with Crippen LogP contribution in [0.1, 0.15) is 28.3 Å². The highest BCUT2D eigenvalue weighted by Crippen LogP contribution is 2.58. The fourth-order valence-electron chi connectivity index (χ4n) is 8.62. The van der Waals surface area contributed by atoms with E-state index in [-0.39, 0.29) is 11.6 Å². The summed E-state index contributed by atoms with van der Waals surface area (Å²) < 4.78 is 55.7. The number of rotatable bonds is 10. The van der Waals surface area contributed by atoms with E-state index in [0.717, 1.165) is 52.0 Å². The first-order valence-electron chi connectivity index (χ1n) is 17.8. The molecule has 3 heterocycles. The van der Waals surface area contributed by atoms with Gasteiger partial charge in [0.25, 0.3) is 5.56 Å². The fraction of sp³-hybridized carbons (Fsp3) is 0.357. The Balaban J connectivity index is 1.35. The summed E-state index contributed by atoms with van der Waals surface area (Å²) in [5.74, 6) is 5.06. The topological polar surface area (TPSA) is 108 Å². The number of likely N-dealkylation sites (N-methyl/N-ethyl adjacent to an activating group) is 1. The van der Waals surface area contributed by atoms with Gasteiger partial charge < -0.3 is 47.2 Å². The van der Waals surface area contributed by atoms with E-state index in [2.05, 4.69) is 11.9 Å². The molecule has 5 aromatic rings. The molecule has 12 nitrogen and oxygen atoms in total. The number of pyridine rings is 1. The van der Waals surface area contributed by atoms with Crippen LogP contribution >= 0.6 is 0 Å². The van der Waals surface area contributed by atoms with Crippen LogP contribution in [0.4, 0.5) is 0 Å². The third-order valence-corrected chi connectivity index (χ3v) is 11.2. The Morgan fingerprint density at radius 3 is 1.85 bits per heavy atom. The van der Waals surface area contributed by atoms with Gasteiger partial charge >= 0.3 is 0 Å². The van der Waals surface area contributed by atoms with E-state index in [9.17, 15) is 4.79 Å². The van der Waals surface area contributed by atoms with Gasteiger partial charge in [-0.3, -0.25) is 9.69 Å². The summed E-state index contributed by atoms with van der Waals surface area (Å²) in [6.45, 7) is 1.35. The highest BCUT2D eigenvalue weighted by molar-refractivity contribution is 5.96. The number of nitrogens with zero attached hydrogens (tertiary/aromatic N) is 2. The molecule has 1 aliphatic carbocycles. The largest absolute Gasteiger partial charge is 0.493 e. The number of hydrogen-bond donors (Lipinski definition) is 0. The van der Waals surface area contributed by atoms with Gasteiger partial charge in [-0.1, -0.05) is 0 Å². The lowest BCUT2D eigenvalue weighted by molar-refractivity contribution is 0.222. The Hall–Kier alpha value is -5.75. The Kier molecular flexibility index (Phi) is 8.88. The van der Waals surface area contributed by atoms with Crippen molar-refractivity contribution >= 4 is 10.8 Å². The Bertz CT molecular complexity index is 2400. The molecule has 4 aromatic carbocycles. The van der Waals surface area contributed by atoms with Crippen molar-refractivity contribution in [3.8, 4) is 79.9 Å². The zero-order chi connectivity index (χ0) is 38.0. The maximum absolute atomic E-state index is 14.4. The summed E-state index contributed by atoms with van der Waals surface area (Å²) in [4.78, 5) is 16.7. The zero-order valence-corrected chi connectivity index (χ0v) is 32.1. The molecular weight excluding hydrogens is 692 g/mol. The molecule has 1 aromatic heterocycles. The van der Waals surface area contributed by atoms with Gasteiger partial charge in [-0.05, 0) is 85.0 Å². The van der Waals surface area contributed by atoms with E-state index >= 15 is 0 Å². The second-order valence-electron chi connectivity index (χ2n) is 13.6. The summed E-state index contributed by atoms with van der Waals surface area (Å²) in [5.41, 5.74) is 7.71. The molecule has 12 heteroatoms. The van der Waals surface area contributed by atoms with Crippen molar-refractivity contribution in [1.29, 1.82) is 0 Å². The highest BCUT2D eigenvalue weighted by Gasteiger charge is 2.40. The molecule has 0 fully saturated rings. The smallest absolute Gasteiger partial charge is 0.259 e. The van der Waals surface area contributed by atoms with Gasteiger partial charge in [0.1, 0.15) is 0 Å². The second kappa shape index (κ2) is 13.6. The normalized spacial score (nSPS) is 15.3. The third kappa shape index (κ3) is 5.10. The third-order valence-electron chi connectivity index (χ3n) is 11.2. The van der Waals surface area contributed by atoms with Crippen LogP contribution in [0, 0.1) is 0 Å². The van der Waals surface area contributed by atoms with E-state index in [4.69, 9.17) is 42.6 Å². The van der Waals surface area contributed by atoms with E-state index in [0.29, 0.717) is 87.7 Å². The van der Waals surface area contributed by atoms with Gasteiger partial charge in [-0.15, -0.1) is 0 Å². The quantitative estimate of drug-likeness (QED) is 0.151. The summed E-state index contributed by atoms with van der Waals surface area (Å²) in [5, 5.41) is 0.995. The second-order valence-corrected chi connectivity index (χ2v) is 13.6. The molecule has 0 N–H and O–H groups in total. The van der Waals surface area contributed by atoms with Gasteiger partial charge in [0.15, 0.2) is 46.0 Å². The van der Waals surface area contributed by atoms with Crippen LogP contribution < -0.4 is 48.2 Å². The molecule has 0 saturated carbocycles. The summed E-state index contributed by atoms with van der Waals surface area (Å²) in [6.07, 6.45) is 2.17. The monoisotopic (exact) mass is 736 g/mol. The van der Waals surface area contributed by atoms with Crippen molar-refractivity contribution in [1.82, 2.24) is 9.47 Å². The maximum Gasteiger partial charge on any atom is 0.259 e. The predicted molar refractivity (Wildman–Crippen MR) is 204 cm³/mol. The van der Waals surface area contributed by atoms with Crippen LogP contribution in [-0.4, -0.2) is 79.9 Å². The molecule has 3 aliphatic rings. The molecule has 8 rings (SSSR count). The lowest BCUT2D eigenvalue weighted by atomic mass is 9.76. The summed E-state index contributed by atoms with van der Waals surface area (Å²) in [7, 11) is 15.0. The van der Waals surface area contributed by atoms with Gasteiger partial charge in [0, 0.05) is 41.2 Å². The van der Waals surface area contributed by atoms with Crippen LogP contribution in [-0.2, 0) is 25.8 Å². The molecule has 2 aliphatic heterocycles. The number of ether oxygens (including phenoxy) is 9. The lowest BCUT2D eigenvalue weighted by Gasteiger charge is -2.41. The van der Waals surface area contributed by atoms with Gasteiger partial charge in [-0.2, -0.15) is 0 Å². The minimum Gasteiger partial charge on any atom is -0.493 e. The molecule has 54 heavy (non-hydrogen) atoms. The summed E-state index contributed by atoms with van der Waals surface area (Å²) in [6, 6.07) is 11.6. The van der Waals surface area contributed by atoms with Crippen molar-refractivity contribution in [2.45, 2.75) is 31.8 Å². The molecule has 0 spiro atoms. The number of methoxy groups -OCH3 is 8. The van der Waals surface area contributed by atoms with E-state index in [1.54, 1.807) is 67.5 Å². The van der Waals surface area contributed by atoms with Crippen molar-refractivity contribution in [3.63, 3.8) is 0 Å². The van der Waals surface area contributed by atoms with Gasteiger partial charge in [-0.25, -0.2) is 0 Å². The minimum atomic E-state index is -0.171. The number of aromatic nitrogens is 1. The van der Waals surface area contributed by atoms with Crippen molar-refractivity contribution < 1.29 is 42.6 Å². The molecule has 0 saturated heterocycles. The first-order chi connectivity index (χ1) is 26.2. The zero-order valence-electron chi connectivity index (χ0n) is 32.1. The van der Waals surface area contributed by atoms with Crippen molar-refractivity contribution in [3.05, 3.63) is 69.0 Å². The number of hydrogen-bond acceptors (Lipinski definition) is 11. The van der Waals surface area contributed by atoms with Crippen molar-refractivity contribution in [2.75, 3.05) is 70.5 Å². The average Bonchev–Trinajstić information content (AvgIpc) is 3.20. The van der Waals surface area contributed by atoms with Crippen LogP contribution in [0.5, 0.6) is 57.5 Å². The molecular formula is C42H44N2O10. The van der Waals surface area contributed by atoms with Crippen LogP contribution in [0.15, 0.2) is 41.2 Å². The molecule has 0 radical (unpaired) electrons. The Morgan fingerprint density at radius 2 is 1.19 bits per heavy atom. The van der Waals surface area contributed by atoms with E-state index < -0.39 is 0 Å². The molecule has 0 amide bonds. The average molecular weight is 737 g/mol. The highest BCUT2D eigenvalue weighted by atomic mass is 16.6. The Morgan fingerprint density at radius 1 is 0.556 bits per heavy atom. The number of fused-ring (bicyclic) bond motifs is 6. The molecule has 282 valence electrons. The Labute approximate surface area is 313 Å². The predicted octanol–water partition coefficient (Wildman–Crippen LogP) is 6.84. The SMILES string of the molecule is COc1cc2c(cc1OC)-c1cc3c(Oc4cc5c(cc4OC)-c4c(OC)c(OC)c(OC)c6c4[C@H](C5)N(C)CC6)c(OC)c(OC)cc3c(=O)n1CC2.